The van der Waals surface area contributed by atoms with Gasteiger partial charge < -0.3 is 15.3 Å². The quantitative estimate of drug-likeness (QED) is 0.638. The van der Waals surface area contributed by atoms with Crippen LogP contribution in [0.3, 0.4) is 0 Å². The van der Waals surface area contributed by atoms with Crippen molar-refractivity contribution in [3.63, 3.8) is 0 Å². The Morgan fingerprint density at radius 1 is 1.40 bits per heavy atom. The molecule has 2 atom stereocenters. The van der Waals surface area contributed by atoms with Crippen LogP contribution in [0.25, 0.3) is 0 Å². The number of aliphatic carboxylic acids is 2. The van der Waals surface area contributed by atoms with Gasteiger partial charge >= 0.3 is 11.9 Å². The number of rotatable bonds is 2. The molecule has 1 aliphatic rings. The van der Waals surface area contributed by atoms with E-state index in [1.54, 1.807) is 0 Å². The third-order valence-corrected chi connectivity index (χ3v) is 2.82. The number of aliphatic hydroxyl groups excluding tert-OH is 1. The lowest BCUT2D eigenvalue weighted by Crippen LogP contribution is -2.37. The Hall–Kier alpha value is -1.78. The molecule has 0 aromatic heterocycles. The van der Waals surface area contributed by atoms with Crippen LogP contribution >= 0.6 is 0 Å². The Bertz CT molecular complexity index is 379. The van der Waals surface area contributed by atoms with E-state index in [9.17, 15) is 14.7 Å². The first kappa shape index (κ1) is 11.3. The fourth-order valence-electron chi connectivity index (χ4n) is 1.58. The van der Waals surface area contributed by atoms with Gasteiger partial charge in [-0.05, 0) is 19.1 Å². The standard InChI is InChI=1S/C10H12O5/c1-5-7(8(12)13)3-6(11)4-10(5,2)9(14)15/h3-5,11H,1-2H3,(H,12,13)(H,14,15). The molecule has 0 fully saturated rings. The van der Waals surface area contributed by atoms with Gasteiger partial charge in [0.05, 0.1) is 5.41 Å². The number of aliphatic hydroxyl groups is 1. The van der Waals surface area contributed by atoms with Crippen LogP contribution in [0.1, 0.15) is 13.8 Å². The summed E-state index contributed by atoms with van der Waals surface area (Å²) in [5.41, 5.74) is -1.48. The van der Waals surface area contributed by atoms with Crippen LogP contribution < -0.4 is 0 Å². The predicted octanol–water partition coefficient (Wildman–Crippen LogP) is 1.18. The van der Waals surface area contributed by atoms with Crippen LogP contribution in [-0.4, -0.2) is 27.3 Å². The number of hydrogen-bond acceptors (Lipinski definition) is 3. The summed E-state index contributed by atoms with van der Waals surface area (Å²) in [5.74, 6) is -3.39. The van der Waals surface area contributed by atoms with Crippen molar-refractivity contribution in [2.45, 2.75) is 13.8 Å². The van der Waals surface area contributed by atoms with E-state index in [-0.39, 0.29) is 11.3 Å². The fourth-order valence-corrected chi connectivity index (χ4v) is 1.58. The molecule has 0 amide bonds. The second kappa shape index (κ2) is 3.42. The summed E-state index contributed by atoms with van der Waals surface area (Å²) in [6.45, 7) is 2.89. The van der Waals surface area contributed by atoms with Gasteiger partial charge in [0.25, 0.3) is 0 Å². The van der Waals surface area contributed by atoms with Crippen molar-refractivity contribution >= 4 is 11.9 Å². The van der Waals surface area contributed by atoms with Gasteiger partial charge in [0.2, 0.25) is 0 Å². The summed E-state index contributed by atoms with van der Waals surface area (Å²) in [6, 6.07) is 0. The van der Waals surface area contributed by atoms with Crippen LogP contribution in [0, 0.1) is 11.3 Å². The minimum absolute atomic E-state index is 0.0973. The van der Waals surface area contributed by atoms with Crippen molar-refractivity contribution in [1.82, 2.24) is 0 Å². The van der Waals surface area contributed by atoms with Gasteiger partial charge in [-0.25, -0.2) is 4.79 Å². The maximum absolute atomic E-state index is 11.0. The van der Waals surface area contributed by atoms with Crippen molar-refractivity contribution in [1.29, 1.82) is 0 Å². The first-order valence-electron chi connectivity index (χ1n) is 4.39. The number of carbonyl (C=O) groups is 2. The Morgan fingerprint density at radius 2 is 1.93 bits per heavy atom. The summed E-state index contributed by atoms with van der Waals surface area (Å²) < 4.78 is 0. The summed E-state index contributed by atoms with van der Waals surface area (Å²) in [6.07, 6.45) is 2.24. The minimum Gasteiger partial charge on any atom is -0.508 e. The lowest BCUT2D eigenvalue weighted by molar-refractivity contribution is -0.147. The molecule has 0 bridgehead atoms. The molecule has 0 spiro atoms. The van der Waals surface area contributed by atoms with Crippen LogP contribution in [0.5, 0.6) is 0 Å². The van der Waals surface area contributed by atoms with Gasteiger partial charge in [0, 0.05) is 11.5 Å². The third kappa shape index (κ3) is 1.72. The summed E-state index contributed by atoms with van der Waals surface area (Å²) in [7, 11) is 0. The average Bonchev–Trinajstić information content (AvgIpc) is 2.10. The summed E-state index contributed by atoms with van der Waals surface area (Å²) in [5, 5.41) is 27.1. The first-order chi connectivity index (χ1) is 6.79. The molecular formula is C10H12O5. The van der Waals surface area contributed by atoms with Crippen LogP contribution in [0.4, 0.5) is 0 Å². The largest absolute Gasteiger partial charge is 0.508 e. The molecule has 3 N–H and O–H groups in total. The molecule has 15 heavy (non-hydrogen) atoms. The fraction of sp³-hybridized carbons (Fsp3) is 0.400. The maximum Gasteiger partial charge on any atom is 0.332 e. The van der Waals surface area contributed by atoms with E-state index in [2.05, 4.69) is 0 Å². The van der Waals surface area contributed by atoms with Gasteiger partial charge in [-0.15, -0.1) is 0 Å². The molecule has 1 rings (SSSR count). The Kier molecular flexibility index (Phi) is 2.57. The smallest absolute Gasteiger partial charge is 0.332 e. The normalized spacial score (nSPS) is 30.4. The number of carboxylic acids is 2. The molecule has 5 heteroatoms. The van der Waals surface area contributed by atoms with E-state index >= 15 is 0 Å². The molecule has 82 valence electrons. The van der Waals surface area contributed by atoms with E-state index in [1.165, 1.54) is 13.8 Å². The Balaban J connectivity index is 3.26. The minimum atomic E-state index is -1.38. The topological polar surface area (TPSA) is 94.8 Å². The van der Waals surface area contributed by atoms with E-state index in [4.69, 9.17) is 10.2 Å². The first-order valence-corrected chi connectivity index (χ1v) is 4.39. The van der Waals surface area contributed by atoms with E-state index in [0.29, 0.717) is 0 Å². The molecule has 0 aromatic rings. The molecule has 0 saturated carbocycles. The van der Waals surface area contributed by atoms with E-state index in [0.717, 1.165) is 12.2 Å². The molecular weight excluding hydrogens is 200 g/mol. The SMILES string of the molecule is CC1C(C(=O)O)=CC(O)=CC1(C)C(=O)O. The zero-order valence-electron chi connectivity index (χ0n) is 8.39. The highest BCUT2D eigenvalue weighted by Crippen LogP contribution is 2.39. The maximum atomic E-state index is 11.0. The monoisotopic (exact) mass is 212 g/mol. The molecule has 2 unspecified atom stereocenters. The number of hydrogen-bond donors (Lipinski definition) is 3. The van der Waals surface area contributed by atoms with Gasteiger partial charge in [0.1, 0.15) is 5.76 Å². The van der Waals surface area contributed by atoms with Crippen LogP contribution in [0.15, 0.2) is 23.5 Å². The molecule has 0 heterocycles. The van der Waals surface area contributed by atoms with E-state index in [1.807, 2.05) is 0 Å². The molecule has 0 aliphatic heterocycles. The highest BCUT2D eigenvalue weighted by molar-refractivity contribution is 5.91. The van der Waals surface area contributed by atoms with Gasteiger partial charge in [-0.3, -0.25) is 4.79 Å². The van der Waals surface area contributed by atoms with E-state index < -0.39 is 23.3 Å². The van der Waals surface area contributed by atoms with Crippen molar-refractivity contribution in [3.8, 4) is 0 Å². The highest BCUT2D eigenvalue weighted by atomic mass is 16.4. The number of allylic oxidation sites excluding steroid dienone is 1. The number of carboxylic acid groups (broad SMARTS) is 2. The second-order valence-electron chi connectivity index (χ2n) is 3.78. The second-order valence-corrected chi connectivity index (χ2v) is 3.78. The lowest BCUT2D eigenvalue weighted by Gasteiger charge is -2.31. The molecule has 5 nitrogen and oxygen atoms in total. The van der Waals surface area contributed by atoms with Crippen molar-refractivity contribution < 1.29 is 24.9 Å². The van der Waals surface area contributed by atoms with Gasteiger partial charge in [-0.2, -0.15) is 0 Å². The van der Waals surface area contributed by atoms with Crippen LogP contribution in [-0.2, 0) is 9.59 Å². The van der Waals surface area contributed by atoms with Crippen molar-refractivity contribution in [2.24, 2.45) is 11.3 Å². The zero-order valence-corrected chi connectivity index (χ0v) is 8.39. The molecule has 0 radical (unpaired) electrons. The Morgan fingerprint density at radius 3 is 2.33 bits per heavy atom. The predicted molar refractivity (Wildman–Crippen MR) is 51.3 cm³/mol. The molecule has 0 saturated heterocycles. The van der Waals surface area contributed by atoms with Crippen LogP contribution in [0.2, 0.25) is 0 Å². The average molecular weight is 212 g/mol. The Labute approximate surface area is 86.3 Å². The molecule has 0 aromatic carbocycles. The lowest BCUT2D eigenvalue weighted by atomic mass is 9.71. The third-order valence-electron chi connectivity index (χ3n) is 2.82. The van der Waals surface area contributed by atoms with Crippen molar-refractivity contribution in [3.05, 3.63) is 23.5 Å². The van der Waals surface area contributed by atoms with Gasteiger partial charge in [-0.1, -0.05) is 6.92 Å². The van der Waals surface area contributed by atoms with Crippen molar-refractivity contribution in [2.75, 3.05) is 0 Å². The molecule has 1 aliphatic carbocycles. The zero-order chi connectivity index (χ0) is 11.8. The summed E-state index contributed by atoms with van der Waals surface area (Å²) in [4.78, 5) is 21.8. The highest BCUT2D eigenvalue weighted by Gasteiger charge is 2.43. The van der Waals surface area contributed by atoms with Gasteiger partial charge in [0.15, 0.2) is 0 Å². The summed E-state index contributed by atoms with van der Waals surface area (Å²) >= 11 is 0.